The van der Waals surface area contributed by atoms with Gasteiger partial charge in [-0.05, 0) is 60.5 Å². The first-order valence-corrected chi connectivity index (χ1v) is 14.2. The average Bonchev–Trinajstić information content (AvgIpc) is 3.46. The van der Waals surface area contributed by atoms with Crippen LogP contribution in [0.1, 0.15) is 76.7 Å². The van der Waals surface area contributed by atoms with Crippen molar-refractivity contribution in [2.24, 2.45) is 0 Å². The minimum absolute atomic E-state index is 0.482. The van der Waals surface area contributed by atoms with Gasteiger partial charge in [0.15, 0.2) is 0 Å². The molecule has 38 heavy (non-hydrogen) atoms. The van der Waals surface area contributed by atoms with E-state index in [1.807, 2.05) is 78.9 Å². The number of unbranched alkanes of at least 4 members (excludes halogenated alkanes) is 9. The molecule has 0 atom stereocenters. The summed E-state index contributed by atoms with van der Waals surface area (Å²) in [5.41, 5.74) is 2.86. The Morgan fingerprint density at radius 3 is 1.61 bits per heavy atom. The minimum Gasteiger partial charge on any atom is -0.494 e. The van der Waals surface area contributed by atoms with Gasteiger partial charge in [-0.1, -0.05) is 95.0 Å². The van der Waals surface area contributed by atoms with Crippen molar-refractivity contribution in [1.82, 2.24) is 10.2 Å². The van der Waals surface area contributed by atoms with Crippen molar-refractivity contribution in [1.29, 1.82) is 0 Å². The topological polar surface area (TPSA) is 57.4 Å². The lowest BCUT2D eigenvalue weighted by Gasteiger charge is -2.07. The van der Waals surface area contributed by atoms with Crippen molar-refractivity contribution in [3.8, 4) is 34.4 Å². The molecule has 5 nitrogen and oxygen atoms in total. The van der Waals surface area contributed by atoms with E-state index < -0.39 is 0 Å². The molecule has 0 spiro atoms. The van der Waals surface area contributed by atoms with E-state index in [-0.39, 0.29) is 0 Å². The molecule has 0 aliphatic rings. The van der Waals surface area contributed by atoms with E-state index in [4.69, 9.17) is 13.9 Å². The SMILES string of the molecule is CCCCCCCCCCCCOc1ccc(-c2nnc(-c3ccc(OCc4ccccc4)cc3)o2)cc1. The van der Waals surface area contributed by atoms with Crippen molar-refractivity contribution in [3.63, 3.8) is 0 Å². The quantitative estimate of drug-likeness (QED) is 0.132. The summed E-state index contributed by atoms with van der Waals surface area (Å²) >= 11 is 0. The van der Waals surface area contributed by atoms with Gasteiger partial charge in [-0.15, -0.1) is 10.2 Å². The van der Waals surface area contributed by atoms with Crippen LogP contribution < -0.4 is 9.47 Å². The van der Waals surface area contributed by atoms with E-state index in [2.05, 4.69) is 17.1 Å². The first-order valence-electron chi connectivity index (χ1n) is 14.2. The fourth-order valence-corrected chi connectivity index (χ4v) is 4.36. The molecule has 0 saturated carbocycles. The lowest BCUT2D eigenvalue weighted by molar-refractivity contribution is 0.304. The third-order valence-corrected chi connectivity index (χ3v) is 6.64. The summed E-state index contributed by atoms with van der Waals surface area (Å²) in [5, 5.41) is 8.46. The number of ether oxygens (including phenoxy) is 2. The molecule has 0 radical (unpaired) electrons. The van der Waals surface area contributed by atoms with Crippen LogP contribution in [-0.4, -0.2) is 16.8 Å². The lowest BCUT2D eigenvalue weighted by Crippen LogP contribution is -1.97. The molecule has 1 aromatic heterocycles. The van der Waals surface area contributed by atoms with Gasteiger partial charge in [-0.25, -0.2) is 0 Å². The van der Waals surface area contributed by atoms with E-state index in [1.54, 1.807) is 0 Å². The number of rotatable bonds is 17. The number of hydrogen-bond acceptors (Lipinski definition) is 5. The van der Waals surface area contributed by atoms with Crippen LogP contribution in [-0.2, 0) is 6.61 Å². The maximum absolute atomic E-state index is 5.93. The van der Waals surface area contributed by atoms with Crippen LogP contribution in [0.25, 0.3) is 22.9 Å². The summed E-state index contributed by atoms with van der Waals surface area (Å²) in [6, 6.07) is 25.7. The molecule has 0 fully saturated rings. The predicted molar refractivity (Wildman–Crippen MR) is 153 cm³/mol. The second-order valence-electron chi connectivity index (χ2n) is 9.77. The molecule has 4 rings (SSSR count). The van der Waals surface area contributed by atoms with E-state index in [1.165, 1.54) is 57.8 Å². The number of aromatic nitrogens is 2. The zero-order valence-corrected chi connectivity index (χ0v) is 22.6. The van der Waals surface area contributed by atoms with Gasteiger partial charge >= 0.3 is 0 Å². The van der Waals surface area contributed by atoms with Crippen molar-refractivity contribution < 1.29 is 13.9 Å². The number of benzene rings is 3. The van der Waals surface area contributed by atoms with Crippen LogP contribution in [0.15, 0.2) is 83.3 Å². The third kappa shape index (κ3) is 9.05. The molecule has 1 heterocycles. The predicted octanol–water partition coefficient (Wildman–Crippen LogP) is 9.28. The van der Waals surface area contributed by atoms with Gasteiger partial charge in [0.25, 0.3) is 0 Å². The maximum atomic E-state index is 5.93. The summed E-state index contributed by atoms with van der Waals surface area (Å²) in [7, 11) is 0. The van der Waals surface area contributed by atoms with Gasteiger partial charge in [0.1, 0.15) is 18.1 Å². The Bertz CT molecular complexity index is 1170. The van der Waals surface area contributed by atoms with E-state index in [9.17, 15) is 0 Å². The molecule has 200 valence electrons. The molecular weight excluding hydrogens is 472 g/mol. The molecule has 0 unspecified atom stereocenters. The fraction of sp³-hybridized carbons (Fsp3) is 0.394. The van der Waals surface area contributed by atoms with Crippen LogP contribution in [0, 0.1) is 0 Å². The first kappa shape index (κ1) is 27.4. The summed E-state index contributed by atoms with van der Waals surface area (Å²) in [5.74, 6) is 2.64. The average molecular weight is 513 g/mol. The smallest absolute Gasteiger partial charge is 0.248 e. The highest BCUT2D eigenvalue weighted by atomic mass is 16.5. The van der Waals surface area contributed by atoms with E-state index >= 15 is 0 Å². The Balaban J connectivity index is 1.16. The molecule has 0 aliphatic heterocycles. The summed E-state index contributed by atoms with van der Waals surface area (Å²) < 4.78 is 17.7. The Kier molecular flexibility index (Phi) is 11.3. The second-order valence-corrected chi connectivity index (χ2v) is 9.77. The van der Waals surface area contributed by atoms with Crippen molar-refractivity contribution in [2.45, 2.75) is 77.7 Å². The summed E-state index contributed by atoms with van der Waals surface area (Å²) in [4.78, 5) is 0. The van der Waals surface area contributed by atoms with Gasteiger partial charge in [0.2, 0.25) is 11.8 Å². The van der Waals surface area contributed by atoms with Gasteiger partial charge in [-0.3, -0.25) is 0 Å². The van der Waals surface area contributed by atoms with Crippen LogP contribution in [0.5, 0.6) is 11.5 Å². The third-order valence-electron chi connectivity index (χ3n) is 6.64. The molecule has 0 saturated heterocycles. The van der Waals surface area contributed by atoms with Gasteiger partial charge in [-0.2, -0.15) is 0 Å². The second kappa shape index (κ2) is 15.6. The van der Waals surface area contributed by atoms with E-state index in [0.29, 0.717) is 18.4 Å². The lowest BCUT2D eigenvalue weighted by atomic mass is 10.1. The molecule has 0 amide bonds. The van der Waals surface area contributed by atoms with Crippen LogP contribution in [0.2, 0.25) is 0 Å². The minimum atomic E-state index is 0.482. The highest BCUT2D eigenvalue weighted by Crippen LogP contribution is 2.27. The zero-order chi connectivity index (χ0) is 26.3. The summed E-state index contributed by atoms with van der Waals surface area (Å²) in [6.07, 6.45) is 13.2. The Morgan fingerprint density at radius 1 is 0.553 bits per heavy atom. The molecule has 0 N–H and O–H groups in total. The van der Waals surface area contributed by atoms with Crippen molar-refractivity contribution in [2.75, 3.05) is 6.61 Å². The van der Waals surface area contributed by atoms with Gasteiger partial charge < -0.3 is 13.9 Å². The number of hydrogen-bond donors (Lipinski definition) is 0. The molecule has 5 heteroatoms. The monoisotopic (exact) mass is 512 g/mol. The number of nitrogens with zero attached hydrogens (tertiary/aromatic N) is 2. The first-order chi connectivity index (χ1) is 18.8. The van der Waals surface area contributed by atoms with Crippen LogP contribution in [0.4, 0.5) is 0 Å². The molecular formula is C33H40N2O3. The normalized spacial score (nSPS) is 11.0. The highest BCUT2D eigenvalue weighted by molar-refractivity contribution is 5.59. The fourth-order valence-electron chi connectivity index (χ4n) is 4.36. The van der Waals surface area contributed by atoms with Crippen molar-refractivity contribution >= 4 is 0 Å². The largest absolute Gasteiger partial charge is 0.494 e. The zero-order valence-electron chi connectivity index (χ0n) is 22.6. The van der Waals surface area contributed by atoms with Crippen LogP contribution >= 0.6 is 0 Å². The molecule has 3 aromatic carbocycles. The van der Waals surface area contributed by atoms with E-state index in [0.717, 1.165) is 41.2 Å². The van der Waals surface area contributed by atoms with Crippen LogP contribution in [0.3, 0.4) is 0 Å². The van der Waals surface area contributed by atoms with Gasteiger partial charge in [0, 0.05) is 11.1 Å². The molecule has 0 aliphatic carbocycles. The Labute approximate surface area is 227 Å². The molecule has 0 bridgehead atoms. The Hall–Kier alpha value is -3.60. The maximum Gasteiger partial charge on any atom is 0.248 e. The van der Waals surface area contributed by atoms with Gasteiger partial charge in [0.05, 0.1) is 6.61 Å². The van der Waals surface area contributed by atoms with Crippen molar-refractivity contribution in [3.05, 3.63) is 84.4 Å². The Morgan fingerprint density at radius 2 is 1.05 bits per heavy atom. The molecule has 4 aromatic rings. The standard InChI is InChI=1S/C33H40N2O3/c1-2-3-4-5-6-7-8-9-10-14-25-36-30-21-17-28(18-22-30)32-34-35-33(38-32)29-19-23-31(24-20-29)37-26-27-15-12-11-13-16-27/h11-13,15-24H,2-10,14,25-26H2,1H3. The highest BCUT2D eigenvalue weighted by Gasteiger charge is 2.11. The summed E-state index contributed by atoms with van der Waals surface area (Å²) in [6.45, 7) is 3.56.